The van der Waals surface area contributed by atoms with Gasteiger partial charge < -0.3 is 4.84 Å². The van der Waals surface area contributed by atoms with Crippen LogP contribution in [-0.2, 0) is 11.3 Å². The Morgan fingerprint density at radius 3 is 2.81 bits per heavy atom. The first kappa shape index (κ1) is 17.8. The van der Waals surface area contributed by atoms with Gasteiger partial charge in [-0.1, -0.05) is 11.2 Å². The summed E-state index contributed by atoms with van der Waals surface area (Å²) < 4.78 is 0. The molecule has 0 fully saturated rings. The highest BCUT2D eigenvalue weighted by Crippen LogP contribution is 2.35. The highest BCUT2D eigenvalue weighted by Gasteiger charge is 2.20. The number of nitrogens with zero attached hydrogens (tertiary/aromatic N) is 4. The molecule has 27 heavy (non-hydrogen) atoms. The van der Waals surface area contributed by atoms with Crippen molar-refractivity contribution in [1.29, 1.82) is 0 Å². The van der Waals surface area contributed by atoms with E-state index in [4.69, 9.17) is 14.8 Å². The molecule has 0 aromatic carbocycles. The van der Waals surface area contributed by atoms with Crippen LogP contribution in [-0.4, -0.2) is 26.8 Å². The zero-order chi connectivity index (χ0) is 18.8. The molecule has 3 heterocycles. The molecule has 138 valence electrons. The van der Waals surface area contributed by atoms with Crippen molar-refractivity contribution in [2.45, 2.75) is 46.1 Å². The van der Waals surface area contributed by atoms with Gasteiger partial charge in [-0.3, -0.25) is 4.98 Å². The molecular formula is C21H22N4OS. The maximum atomic E-state index is 5.50. The lowest BCUT2D eigenvalue weighted by molar-refractivity contribution is 0.0854. The van der Waals surface area contributed by atoms with Crippen LogP contribution in [0.15, 0.2) is 41.8 Å². The van der Waals surface area contributed by atoms with E-state index in [-0.39, 0.29) is 6.10 Å². The number of hydrogen-bond donors (Lipinski definition) is 0. The van der Waals surface area contributed by atoms with E-state index >= 15 is 0 Å². The van der Waals surface area contributed by atoms with Gasteiger partial charge >= 0.3 is 0 Å². The van der Waals surface area contributed by atoms with Crippen LogP contribution in [0, 0.1) is 6.92 Å². The summed E-state index contributed by atoms with van der Waals surface area (Å²) in [4.78, 5) is 20.5. The minimum absolute atomic E-state index is 0.0665. The maximum absolute atomic E-state index is 5.50. The van der Waals surface area contributed by atoms with Gasteiger partial charge in [-0.05, 0) is 63.8 Å². The lowest BCUT2D eigenvalue weighted by atomic mass is 9.94. The zero-order valence-corrected chi connectivity index (χ0v) is 16.6. The molecular weight excluding hydrogens is 356 g/mol. The summed E-state index contributed by atoms with van der Waals surface area (Å²) in [5, 5.41) is 5.33. The summed E-state index contributed by atoms with van der Waals surface area (Å²) in [7, 11) is 0. The lowest BCUT2D eigenvalue weighted by Crippen LogP contribution is -2.16. The van der Waals surface area contributed by atoms with E-state index in [2.05, 4.69) is 22.3 Å². The highest BCUT2D eigenvalue weighted by atomic mass is 32.1. The zero-order valence-electron chi connectivity index (χ0n) is 15.8. The molecule has 0 amide bonds. The number of aromatic nitrogens is 3. The van der Waals surface area contributed by atoms with Gasteiger partial charge in [-0.25, -0.2) is 9.97 Å². The molecule has 1 aliphatic rings. The summed E-state index contributed by atoms with van der Waals surface area (Å²) >= 11 is 1.65. The Balaban J connectivity index is 1.73. The summed E-state index contributed by atoms with van der Waals surface area (Å²) in [6.45, 7) is 6.00. The molecule has 0 atom stereocenters. The molecule has 0 saturated heterocycles. The predicted octanol–water partition coefficient (Wildman–Crippen LogP) is 5.04. The second-order valence-corrected chi connectivity index (χ2v) is 7.92. The molecule has 1 aliphatic carbocycles. The van der Waals surface area contributed by atoms with Crippen molar-refractivity contribution in [2.24, 2.45) is 5.16 Å². The number of fused-ring (bicyclic) bond motifs is 1. The number of pyridine rings is 2. The maximum Gasteiger partial charge on any atom is 0.125 e. The standard InChI is InChI=1S/C21H22N4OS/c1-13(2)26-25-17-8-4-6-15-9-10-18(24-19(15)17)20-14(3)23-21(27-20)16-7-5-11-22-12-16/h5,7,9-13H,4,6,8H2,1-3H3/b25-17+. The van der Waals surface area contributed by atoms with Crippen LogP contribution in [0.4, 0.5) is 0 Å². The van der Waals surface area contributed by atoms with Crippen molar-refractivity contribution >= 4 is 17.0 Å². The van der Waals surface area contributed by atoms with E-state index < -0.39 is 0 Å². The number of oxime groups is 1. The van der Waals surface area contributed by atoms with E-state index in [0.717, 1.165) is 57.5 Å². The fourth-order valence-corrected chi connectivity index (χ4v) is 4.16. The molecule has 0 bridgehead atoms. The lowest BCUT2D eigenvalue weighted by Gasteiger charge is -2.17. The average Bonchev–Trinajstić information content (AvgIpc) is 3.08. The van der Waals surface area contributed by atoms with Crippen molar-refractivity contribution in [3.8, 4) is 21.1 Å². The van der Waals surface area contributed by atoms with Gasteiger partial charge in [0.15, 0.2) is 0 Å². The quantitative estimate of drug-likeness (QED) is 0.597. The van der Waals surface area contributed by atoms with Crippen LogP contribution in [0.5, 0.6) is 0 Å². The number of thiazole rings is 1. The van der Waals surface area contributed by atoms with Gasteiger partial charge in [-0.2, -0.15) is 0 Å². The van der Waals surface area contributed by atoms with E-state index in [1.54, 1.807) is 17.5 Å². The van der Waals surface area contributed by atoms with Gasteiger partial charge in [-0.15, -0.1) is 11.3 Å². The van der Waals surface area contributed by atoms with Crippen LogP contribution in [0.3, 0.4) is 0 Å². The first-order valence-corrected chi connectivity index (χ1v) is 10.0. The molecule has 0 radical (unpaired) electrons. The average molecular weight is 379 g/mol. The predicted molar refractivity (Wildman–Crippen MR) is 109 cm³/mol. The Bertz CT molecular complexity index is 979. The Kier molecular flexibility index (Phi) is 4.99. The van der Waals surface area contributed by atoms with Crippen molar-refractivity contribution in [3.05, 3.63) is 53.6 Å². The van der Waals surface area contributed by atoms with Gasteiger partial charge in [0.2, 0.25) is 0 Å². The Morgan fingerprint density at radius 2 is 2.04 bits per heavy atom. The van der Waals surface area contributed by atoms with E-state index in [1.807, 2.05) is 39.1 Å². The third-order valence-electron chi connectivity index (χ3n) is 4.42. The SMILES string of the molecule is Cc1nc(-c2cccnc2)sc1-c1ccc2c(n1)/C(=N/OC(C)C)CCC2. The van der Waals surface area contributed by atoms with Crippen molar-refractivity contribution in [2.75, 3.05) is 0 Å². The number of aryl methyl sites for hydroxylation is 2. The van der Waals surface area contributed by atoms with Gasteiger partial charge in [0.1, 0.15) is 16.8 Å². The number of rotatable bonds is 4. The van der Waals surface area contributed by atoms with Crippen molar-refractivity contribution < 1.29 is 4.84 Å². The molecule has 0 aliphatic heterocycles. The Morgan fingerprint density at radius 1 is 1.15 bits per heavy atom. The van der Waals surface area contributed by atoms with Crippen LogP contribution in [0.25, 0.3) is 21.1 Å². The Labute approximate surface area is 163 Å². The third kappa shape index (κ3) is 3.76. The fourth-order valence-electron chi connectivity index (χ4n) is 3.14. The van der Waals surface area contributed by atoms with Gasteiger partial charge in [0.25, 0.3) is 0 Å². The summed E-state index contributed by atoms with van der Waals surface area (Å²) in [6, 6.07) is 8.23. The van der Waals surface area contributed by atoms with Crippen LogP contribution >= 0.6 is 11.3 Å². The van der Waals surface area contributed by atoms with Gasteiger partial charge in [0, 0.05) is 18.0 Å². The van der Waals surface area contributed by atoms with Crippen molar-refractivity contribution in [1.82, 2.24) is 15.0 Å². The fraction of sp³-hybridized carbons (Fsp3) is 0.333. The third-order valence-corrected chi connectivity index (χ3v) is 5.65. The largest absolute Gasteiger partial charge is 0.393 e. The topological polar surface area (TPSA) is 60.3 Å². The molecule has 0 unspecified atom stereocenters. The minimum atomic E-state index is 0.0665. The summed E-state index contributed by atoms with van der Waals surface area (Å²) in [5.41, 5.74) is 6.11. The second-order valence-electron chi connectivity index (χ2n) is 6.93. The van der Waals surface area contributed by atoms with E-state index in [0.29, 0.717) is 0 Å². The monoisotopic (exact) mass is 378 g/mol. The molecule has 6 heteroatoms. The minimum Gasteiger partial charge on any atom is -0.393 e. The normalized spacial score (nSPS) is 15.2. The molecule has 4 rings (SSSR count). The van der Waals surface area contributed by atoms with Crippen LogP contribution in [0.2, 0.25) is 0 Å². The molecule has 3 aromatic heterocycles. The Hall–Kier alpha value is -2.60. The van der Waals surface area contributed by atoms with Crippen LogP contribution < -0.4 is 0 Å². The molecule has 0 spiro atoms. The second kappa shape index (κ2) is 7.56. The molecule has 3 aromatic rings. The van der Waals surface area contributed by atoms with E-state index in [1.165, 1.54) is 5.56 Å². The smallest absolute Gasteiger partial charge is 0.125 e. The van der Waals surface area contributed by atoms with Crippen molar-refractivity contribution in [3.63, 3.8) is 0 Å². The number of hydrogen-bond acceptors (Lipinski definition) is 6. The molecule has 5 nitrogen and oxygen atoms in total. The summed E-state index contributed by atoms with van der Waals surface area (Å²) in [6.07, 6.45) is 6.70. The van der Waals surface area contributed by atoms with E-state index in [9.17, 15) is 0 Å². The first-order chi connectivity index (χ1) is 13.1. The molecule has 0 saturated carbocycles. The van der Waals surface area contributed by atoms with Gasteiger partial charge in [0.05, 0.1) is 22.0 Å². The summed E-state index contributed by atoms with van der Waals surface area (Å²) in [5.74, 6) is 0. The van der Waals surface area contributed by atoms with Crippen LogP contribution in [0.1, 0.15) is 43.6 Å². The highest BCUT2D eigenvalue weighted by molar-refractivity contribution is 7.18. The first-order valence-electron chi connectivity index (χ1n) is 9.23. The molecule has 0 N–H and O–H groups in total.